The monoisotopic (exact) mass is 294 g/mol. The fourth-order valence-electron chi connectivity index (χ4n) is 1.68. The molecule has 1 heterocycles. The van der Waals surface area contributed by atoms with Crippen LogP contribution in [0.2, 0.25) is 0 Å². The SMILES string of the molecule is CC(C)c1cc(NC(=O)c2ccc(CN)cc2)n[nH]1.Cl. The molecule has 0 fully saturated rings. The van der Waals surface area contributed by atoms with Crippen molar-refractivity contribution in [2.24, 2.45) is 5.73 Å². The fourth-order valence-corrected chi connectivity index (χ4v) is 1.68. The van der Waals surface area contributed by atoms with E-state index in [0.717, 1.165) is 11.3 Å². The van der Waals surface area contributed by atoms with E-state index in [1.54, 1.807) is 12.1 Å². The lowest BCUT2D eigenvalue weighted by Gasteiger charge is -2.03. The number of carbonyl (C=O) groups is 1. The smallest absolute Gasteiger partial charge is 0.256 e. The van der Waals surface area contributed by atoms with Crippen LogP contribution in [0.3, 0.4) is 0 Å². The van der Waals surface area contributed by atoms with Gasteiger partial charge >= 0.3 is 0 Å². The third kappa shape index (κ3) is 3.82. The number of aromatic nitrogens is 2. The molecule has 5 nitrogen and oxygen atoms in total. The van der Waals surface area contributed by atoms with Gasteiger partial charge in [-0.25, -0.2) is 0 Å². The van der Waals surface area contributed by atoms with Crippen LogP contribution in [0.4, 0.5) is 5.82 Å². The van der Waals surface area contributed by atoms with Crippen molar-refractivity contribution < 1.29 is 4.79 Å². The summed E-state index contributed by atoms with van der Waals surface area (Å²) in [5.74, 6) is 0.712. The molecular weight excluding hydrogens is 276 g/mol. The molecule has 108 valence electrons. The fraction of sp³-hybridized carbons (Fsp3) is 0.286. The number of amides is 1. The summed E-state index contributed by atoms with van der Waals surface area (Å²) in [4.78, 5) is 12.0. The van der Waals surface area contributed by atoms with Crippen molar-refractivity contribution in [2.75, 3.05) is 5.32 Å². The highest BCUT2D eigenvalue weighted by atomic mass is 35.5. The molecule has 0 saturated carbocycles. The summed E-state index contributed by atoms with van der Waals surface area (Å²) in [6.07, 6.45) is 0. The quantitative estimate of drug-likeness (QED) is 0.810. The van der Waals surface area contributed by atoms with Gasteiger partial charge in [0, 0.05) is 23.9 Å². The highest BCUT2D eigenvalue weighted by Gasteiger charge is 2.09. The van der Waals surface area contributed by atoms with Crippen LogP contribution in [0.15, 0.2) is 30.3 Å². The predicted octanol–water partition coefficient (Wildman–Crippen LogP) is 2.67. The molecular formula is C14H19ClN4O. The minimum atomic E-state index is -0.176. The van der Waals surface area contributed by atoms with Gasteiger partial charge in [0.05, 0.1) is 0 Å². The largest absolute Gasteiger partial charge is 0.326 e. The molecule has 0 spiro atoms. The molecule has 0 saturated heterocycles. The summed E-state index contributed by atoms with van der Waals surface area (Å²) in [6.45, 7) is 4.59. The standard InChI is InChI=1S/C14H18N4O.ClH/c1-9(2)12-7-13(18-17-12)16-14(19)11-5-3-10(8-15)4-6-11;/h3-7,9H,8,15H2,1-2H3,(H2,16,17,18,19);1H. The van der Waals surface area contributed by atoms with Crippen molar-refractivity contribution in [1.82, 2.24) is 10.2 Å². The third-order valence-electron chi connectivity index (χ3n) is 2.91. The molecule has 0 aliphatic heterocycles. The van der Waals surface area contributed by atoms with Gasteiger partial charge in [-0.3, -0.25) is 9.89 Å². The van der Waals surface area contributed by atoms with Crippen molar-refractivity contribution in [3.8, 4) is 0 Å². The Hall–Kier alpha value is -1.85. The summed E-state index contributed by atoms with van der Waals surface area (Å²) >= 11 is 0. The number of nitrogens with one attached hydrogen (secondary N) is 2. The van der Waals surface area contributed by atoms with Gasteiger partial charge in [-0.15, -0.1) is 12.4 Å². The maximum Gasteiger partial charge on any atom is 0.256 e. The Morgan fingerprint density at radius 3 is 2.50 bits per heavy atom. The number of aromatic amines is 1. The van der Waals surface area contributed by atoms with Crippen LogP contribution in [0.5, 0.6) is 0 Å². The predicted molar refractivity (Wildman–Crippen MR) is 82.2 cm³/mol. The molecule has 2 aromatic rings. The van der Waals surface area contributed by atoms with Crippen molar-refractivity contribution >= 4 is 24.1 Å². The Bertz CT molecular complexity index is 563. The molecule has 20 heavy (non-hydrogen) atoms. The highest BCUT2D eigenvalue weighted by molar-refractivity contribution is 6.03. The van der Waals surface area contributed by atoms with Crippen LogP contribution in [0.1, 0.15) is 41.4 Å². The minimum Gasteiger partial charge on any atom is -0.326 e. The lowest BCUT2D eigenvalue weighted by atomic mass is 10.1. The Labute approximate surface area is 124 Å². The zero-order valence-electron chi connectivity index (χ0n) is 11.5. The molecule has 4 N–H and O–H groups in total. The van der Waals surface area contributed by atoms with E-state index in [4.69, 9.17) is 5.73 Å². The molecule has 0 unspecified atom stereocenters. The summed E-state index contributed by atoms with van der Waals surface area (Å²) in [5, 5.41) is 9.72. The number of rotatable bonds is 4. The van der Waals surface area contributed by atoms with Crippen LogP contribution in [-0.4, -0.2) is 16.1 Å². The highest BCUT2D eigenvalue weighted by Crippen LogP contribution is 2.15. The molecule has 0 bridgehead atoms. The summed E-state index contributed by atoms with van der Waals surface area (Å²) < 4.78 is 0. The van der Waals surface area contributed by atoms with E-state index in [1.165, 1.54) is 0 Å². The molecule has 1 aromatic carbocycles. The van der Waals surface area contributed by atoms with E-state index in [-0.39, 0.29) is 18.3 Å². The van der Waals surface area contributed by atoms with Crippen LogP contribution >= 0.6 is 12.4 Å². The van der Waals surface area contributed by atoms with Gasteiger partial charge in [-0.05, 0) is 23.6 Å². The first-order valence-electron chi connectivity index (χ1n) is 6.26. The Morgan fingerprint density at radius 1 is 1.35 bits per heavy atom. The molecule has 0 atom stereocenters. The van der Waals surface area contributed by atoms with E-state index in [9.17, 15) is 4.79 Å². The number of H-pyrrole nitrogens is 1. The number of nitrogens with two attached hydrogens (primary N) is 1. The Morgan fingerprint density at radius 2 is 2.00 bits per heavy atom. The van der Waals surface area contributed by atoms with Gasteiger partial charge < -0.3 is 11.1 Å². The minimum absolute atomic E-state index is 0. The summed E-state index contributed by atoms with van der Waals surface area (Å²) in [6, 6.07) is 9.05. The molecule has 0 aliphatic rings. The van der Waals surface area contributed by atoms with E-state index in [2.05, 4.69) is 29.4 Å². The number of anilines is 1. The van der Waals surface area contributed by atoms with Crippen molar-refractivity contribution in [2.45, 2.75) is 26.3 Å². The molecule has 1 amide bonds. The van der Waals surface area contributed by atoms with E-state index < -0.39 is 0 Å². The maximum atomic E-state index is 12.0. The van der Waals surface area contributed by atoms with E-state index in [0.29, 0.717) is 23.8 Å². The molecule has 6 heteroatoms. The van der Waals surface area contributed by atoms with E-state index >= 15 is 0 Å². The summed E-state index contributed by atoms with van der Waals surface area (Å²) in [7, 11) is 0. The van der Waals surface area contributed by atoms with Gasteiger partial charge in [0.15, 0.2) is 5.82 Å². The Balaban J connectivity index is 0.00000200. The zero-order chi connectivity index (χ0) is 13.8. The van der Waals surface area contributed by atoms with Crippen molar-refractivity contribution in [3.05, 3.63) is 47.2 Å². The van der Waals surface area contributed by atoms with Crippen LogP contribution in [-0.2, 0) is 6.54 Å². The van der Waals surface area contributed by atoms with Crippen LogP contribution in [0, 0.1) is 0 Å². The lowest BCUT2D eigenvalue weighted by molar-refractivity contribution is 0.102. The van der Waals surface area contributed by atoms with Gasteiger partial charge in [-0.2, -0.15) is 5.10 Å². The van der Waals surface area contributed by atoms with E-state index in [1.807, 2.05) is 18.2 Å². The molecule has 1 aromatic heterocycles. The second-order valence-corrected chi connectivity index (χ2v) is 4.72. The van der Waals surface area contributed by atoms with Gasteiger partial charge in [-0.1, -0.05) is 26.0 Å². The normalized spacial score (nSPS) is 10.2. The zero-order valence-corrected chi connectivity index (χ0v) is 12.3. The third-order valence-corrected chi connectivity index (χ3v) is 2.91. The second-order valence-electron chi connectivity index (χ2n) is 4.72. The molecule has 2 rings (SSSR count). The number of hydrogen-bond donors (Lipinski definition) is 3. The average Bonchev–Trinajstić information content (AvgIpc) is 2.87. The first-order chi connectivity index (χ1) is 9.10. The maximum absolute atomic E-state index is 12.0. The van der Waals surface area contributed by atoms with Crippen LogP contribution < -0.4 is 11.1 Å². The van der Waals surface area contributed by atoms with Gasteiger partial charge in [0.1, 0.15) is 0 Å². The van der Waals surface area contributed by atoms with Crippen molar-refractivity contribution in [1.29, 1.82) is 0 Å². The lowest BCUT2D eigenvalue weighted by Crippen LogP contribution is -2.12. The Kier molecular flexibility index (Phi) is 5.73. The topological polar surface area (TPSA) is 83.8 Å². The number of halogens is 1. The molecule has 0 radical (unpaired) electrons. The average molecular weight is 295 g/mol. The second kappa shape index (κ2) is 7.07. The van der Waals surface area contributed by atoms with Crippen LogP contribution in [0.25, 0.3) is 0 Å². The number of benzene rings is 1. The van der Waals surface area contributed by atoms with Gasteiger partial charge in [0.25, 0.3) is 5.91 Å². The molecule has 0 aliphatic carbocycles. The first-order valence-corrected chi connectivity index (χ1v) is 6.26. The van der Waals surface area contributed by atoms with Crippen molar-refractivity contribution in [3.63, 3.8) is 0 Å². The van der Waals surface area contributed by atoms with Gasteiger partial charge in [0.2, 0.25) is 0 Å². The summed E-state index contributed by atoms with van der Waals surface area (Å²) in [5.41, 5.74) is 8.10. The number of hydrogen-bond acceptors (Lipinski definition) is 3. The first kappa shape index (κ1) is 16.2. The number of nitrogens with zero attached hydrogens (tertiary/aromatic N) is 1. The number of carbonyl (C=O) groups excluding carboxylic acids is 1.